The summed E-state index contributed by atoms with van der Waals surface area (Å²) in [6.45, 7) is 5.52. The Bertz CT molecular complexity index is 1220. The van der Waals surface area contributed by atoms with Gasteiger partial charge in [0.15, 0.2) is 11.6 Å². The minimum atomic E-state index is -4.58. The van der Waals surface area contributed by atoms with Crippen molar-refractivity contribution in [3.63, 3.8) is 0 Å². The number of alkyl halides is 3. The van der Waals surface area contributed by atoms with Crippen molar-refractivity contribution in [1.29, 1.82) is 0 Å². The molecule has 12 heteroatoms. The van der Waals surface area contributed by atoms with Crippen molar-refractivity contribution < 1.29 is 17.6 Å². The van der Waals surface area contributed by atoms with Gasteiger partial charge in [-0.25, -0.2) is 14.2 Å². The van der Waals surface area contributed by atoms with Gasteiger partial charge in [0.25, 0.3) is 0 Å². The zero-order valence-corrected chi connectivity index (χ0v) is 18.0. The lowest BCUT2D eigenvalue weighted by Crippen LogP contribution is -2.29. The Balaban J connectivity index is 2.00. The average molecular weight is 471 g/mol. The number of hydrogen-bond donors (Lipinski definition) is 2. The molecule has 3 N–H and O–H groups in total. The summed E-state index contributed by atoms with van der Waals surface area (Å²) in [5, 5.41) is 3.93. The van der Waals surface area contributed by atoms with Crippen molar-refractivity contribution in [3.8, 4) is 17.2 Å². The second kappa shape index (κ2) is 8.38. The molecule has 0 radical (unpaired) electrons. The Labute approximate surface area is 185 Å². The molecule has 0 saturated heterocycles. The van der Waals surface area contributed by atoms with Crippen LogP contribution < -0.4 is 11.4 Å². The molecule has 0 bridgehead atoms. The molecule has 3 aromatic rings. The monoisotopic (exact) mass is 470 g/mol. The summed E-state index contributed by atoms with van der Waals surface area (Å²) in [5.41, 5.74) is 3.68. The van der Waals surface area contributed by atoms with Gasteiger partial charge in [0.2, 0.25) is 0 Å². The summed E-state index contributed by atoms with van der Waals surface area (Å²) in [4.78, 5) is 22.5. The average Bonchev–Trinajstić information content (AvgIpc) is 3.07. The van der Waals surface area contributed by atoms with E-state index < -0.39 is 28.7 Å². The number of aromatic nitrogens is 4. The Morgan fingerprint density at radius 1 is 1.22 bits per heavy atom. The number of hydrogen-bond acceptors (Lipinski definition) is 4. The SMILES string of the molecule is CC(C)(C)C(N)=NCc1ccc(Cl)c(-c2nn(-c3ccc(C(F)(F)F)cn3)c(=O)[nH]2)c1F. The smallest absolute Gasteiger partial charge is 0.387 e. The first-order valence-corrected chi connectivity index (χ1v) is 9.67. The maximum Gasteiger partial charge on any atom is 0.417 e. The van der Waals surface area contributed by atoms with E-state index in [9.17, 15) is 18.0 Å². The summed E-state index contributed by atoms with van der Waals surface area (Å²) in [6, 6.07) is 4.60. The van der Waals surface area contributed by atoms with Crippen LogP contribution >= 0.6 is 11.6 Å². The van der Waals surface area contributed by atoms with Gasteiger partial charge in [-0.1, -0.05) is 38.4 Å². The predicted molar refractivity (Wildman–Crippen MR) is 112 cm³/mol. The summed E-state index contributed by atoms with van der Waals surface area (Å²) in [5.74, 6) is -0.821. The van der Waals surface area contributed by atoms with Crippen LogP contribution in [0.1, 0.15) is 31.9 Å². The van der Waals surface area contributed by atoms with Gasteiger partial charge in [-0.3, -0.25) is 9.98 Å². The van der Waals surface area contributed by atoms with Crippen LogP contribution in [0, 0.1) is 11.2 Å². The molecular weight excluding hydrogens is 452 g/mol. The molecule has 0 spiro atoms. The van der Waals surface area contributed by atoms with Gasteiger partial charge >= 0.3 is 11.9 Å². The Morgan fingerprint density at radius 2 is 1.91 bits per heavy atom. The van der Waals surface area contributed by atoms with E-state index in [-0.39, 0.29) is 34.3 Å². The van der Waals surface area contributed by atoms with E-state index in [1.54, 1.807) is 0 Å². The van der Waals surface area contributed by atoms with Crippen LogP contribution in [-0.2, 0) is 12.7 Å². The quantitative estimate of drug-likeness (QED) is 0.336. The maximum absolute atomic E-state index is 15.2. The van der Waals surface area contributed by atoms with Crippen LogP contribution in [-0.4, -0.2) is 25.6 Å². The van der Waals surface area contributed by atoms with E-state index in [0.29, 0.717) is 16.7 Å². The van der Waals surface area contributed by atoms with Crippen LogP contribution in [0.4, 0.5) is 17.6 Å². The molecule has 7 nitrogen and oxygen atoms in total. The standard InChI is InChI=1S/C20H19ClF4N6O/c1-19(2,3)17(26)28-8-10-4-6-12(21)14(15(10)22)16-29-18(32)31(30-16)13-7-5-11(9-27-13)20(23,24)25/h4-7,9H,8H2,1-3H3,(H2,26,28)(H,29,30,32). The third-order valence-corrected chi connectivity index (χ3v) is 4.82. The predicted octanol–water partition coefficient (Wildman–Crippen LogP) is 4.34. The topological polar surface area (TPSA) is 102 Å². The highest BCUT2D eigenvalue weighted by molar-refractivity contribution is 6.33. The molecular formula is C20H19ClF4N6O. The van der Waals surface area contributed by atoms with E-state index in [4.69, 9.17) is 17.3 Å². The summed E-state index contributed by atoms with van der Waals surface area (Å²) in [7, 11) is 0. The fourth-order valence-corrected chi connectivity index (χ4v) is 2.85. The number of nitrogens with one attached hydrogen (secondary N) is 1. The third-order valence-electron chi connectivity index (χ3n) is 4.51. The molecule has 0 aliphatic heterocycles. The third kappa shape index (κ3) is 4.82. The lowest BCUT2D eigenvalue weighted by Gasteiger charge is -2.17. The number of halogens is 5. The first-order valence-electron chi connectivity index (χ1n) is 9.29. The first kappa shape index (κ1) is 23.5. The van der Waals surface area contributed by atoms with Crippen molar-refractivity contribution in [2.24, 2.45) is 16.1 Å². The number of aliphatic imine (C=N–C) groups is 1. The zero-order valence-electron chi connectivity index (χ0n) is 17.3. The van der Waals surface area contributed by atoms with Crippen molar-refractivity contribution in [2.75, 3.05) is 0 Å². The number of nitrogens with two attached hydrogens (primary N) is 1. The highest BCUT2D eigenvalue weighted by Crippen LogP contribution is 2.31. The fourth-order valence-electron chi connectivity index (χ4n) is 2.61. The number of nitrogens with zero attached hydrogens (tertiary/aromatic N) is 4. The summed E-state index contributed by atoms with van der Waals surface area (Å²) >= 11 is 6.14. The second-order valence-electron chi connectivity index (χ2n) is 7.94. The van der Waals surface area contributed by atoms with Crippen LogP contribution in [0.2, 0.25) is 5.02 Å². The molecule has 32 heavy (non-hydrogen) atoms. The molecule has 0 aliphatic rings. The number of pyridine rings is 1. The molecule has 1 aromatic carbocycles. The van der Waals surface area contributed by atoms with E-state index in [1.165, 1.54) is 12.1 Å². The summed E-state index contributed by atoms with van der Waals surface area (Å²) < 4.78 is 54.1. The van der Waals surface area contributed by atoms with Gasteiger partial charge in [0, 0.05) is 17.2 Å². The van der Waals surface area contributed by atoms with Crippen molar-refractivity contribution >= 4 is 17.4 Å². The molecule has 3 rings (SSSR count). The Kier molecular flexibility index (Phi) is 6.14. The van der Waals surface area contributed by atoms with Crippen molar-refractivity contribution in [1.82, 2.24) is 19.7 Å². The zero-order chi connectivity index (χ0) is 23.8. The highest BCUT2D eigenvalue weighted by atomic mass is 35.5. The van der Waals surface area contributed by atoms with Gasteiger partial charge in [-0.15, -0.1) is 5.10 Å². The number of H-pyrrole nitrogens is 1. The van der Waals surface area contributed by atoms with E-state index in [2.05, 4.69) is 20.1 Å². The molecule has 2 heterocycles. The maximum atomic E-state index is 15.2. The number of benzene rings is 1. The van der Waals surface area contributed by atoms with E-state index >= 15 is 4.39 Å². The van der Waals surface area contributed by atoms with Gasteiger partial charge < -0.3 is 5.73 Å². The molecule has 0 saturated carbocycles. The van der Waals surface area contributed by atoms with Gasteiger partial charge in [-0.2, -0.15) is 17.9 Å². The van der Waals surface area contributed by atoms with Crippen LogP contribution in [0.3, 0.4) is 0 Å². The Morgan fingerprint density at radius 3 is 2.47 bits per heavy atom. The van der Waals surface area contributed by atoms with E-state index in [1.807, 2.05) is 20.8 Å². The molecule has 0 unspecified atom stereocenters. The van der Waals surface area contributed by atoms with Crippen molar-refractivity contribution in [2.45, 2.75) is 33.5 Å². The van der Waals surface area contributed by atoms with Gasteiger partial charge in [-0.05, 0) is 18.2 Å². The molecule has 0 fully saturated rings. The molecule has 0 aliphatic carbocycles. The fraction of sp³-hybridized carbons (Fsp3) is 0.300. The normalized spacial score (nSPS) is 12.9. The van der Waals surface area contributed by atoms with E-state index in [0.717, 1.165) is 12.1 Å². The first-order chi connectivity index (χ1) is 14.8. The lowest BCUT2D eigenvalue weighted by molar-refractivity contribution is -0.137. The second-order valence-corrected chi connectivity index (χ2v) is 8.35. The molecule has 0 amide bonds. The van der Waals surface area contributed by atoms with Crippen molar-refractivity contribution in [3.05, 3.63) is 62.9 Å². The Hall–Kier alpha value is -3.21. The largest absolute Gasteiger partial charge is 0.417 e. The number of aromatic amines is 1. The minimum Gasteiger partial charge on any atom is -0.387 e. The molecule has 0 atom stereocenters. The molecule has 2 aromatic heterocycles. The highest BCUT2D eigenvalue weighted by Gasteiger charge is 2.31. The van der Waals surface area contributed by atoms with Gasteiger partial charge in [0.05, 0.1) is 28.5 Å². The number of amidine groups is 1. The van der Waals surface area contributed by atoms with Crippen LogP contribution in [0.15, 0.2) is 40.2 Å². The van der Waals surface area contributed by atoms with Gasteiger partial charge in [0.1, 0.15) is 5.82 Å². The van der Waals surface area contributed by atoms with Crippen LogP contribution in [0.25, 0.3) is 17.2 Å². The van der Waals surface area contributed by atoms with Crippen LogP contribution in [0.5, 0.6) is 0 Å². The molecule has 170 valence electrons. The number of rotatable bonds is 4. The lowest BCUT2D eigenvalue weighted by atomic mass is 9.95. The summed E-state index contributed by atoms with van der Waals surface area (Å²) in [6.07, 6.45) is -4.01. The minimum absolute atomic E-state index is 0.0275.